The molecule has 3 aromatic rings. The topological polar surface area (TPSA) is 60.6 Å². The highest BCUT2D eigenvalue weighted by molar-refractivity contribution is 5.31. The van der Waals surface area contributed by atoms with Crippen LogP contribution in [-0.4, -0.2) is 31.6 Å². The van der Waals surface area contributed by atoms with E-state index < -0.39 is 11.6 Å². The first-order chi connectivity index (χ1) is 12.8. The number of nitrogens with one attached hydrogen (secondary N) is 2. The fraction of sp³-hybridized carbons (Fsp3) is 0.400. The van der Waals surface area contributed by atoms with Gasteiger partial charge in [-0.1, -0.05) is 26.8 Å². The van der Waals surface area contributed by atoms with Crippen molar-refractivity contribution in [3.63, 3.8) is 0 Å². The second kappa shape index (κ2) is 6.56. The molecule has 0 saturated heterocycles. The first-order valence-corrected chi connectivity index (χ1v) is 9.09. The molecule has 4 rings (SSSR count). The zero-order valence-electron chi connectivity index (χ0n) is 15.7. The Bertz CT molecular complexity index is 953. The molecule has 7 heteroatoms. The molecule has 2 N–H and O–H groups in total. The number of aromatic nitrogens is 4. The number of halogens is 2. The molecule has 0 fully saturated rings. The van der Waals surface area contributed by atoms with Gasteiger partial charge in [0.05, 0.1) is 29.5 Å². The lowest BCUT2D eigenvalue weighted by molar-refractivity contribution is 0.196. The molecule has 0 amide bonds. The number of nitrogens with zero attached hydrogens (tertiary/aromatic N) is 3. The first kappa shape index (κ1) is 17.9. The Morgan fingerprint density at radius 3 is 2.70 bits per heavy atom. The van der Waals surface area contributed by atoms with Gasteiger partial charge in [-0.15, -0.1) is 0 Å². The Labute approximate surface area is 156 Å². The van der Waals surface area contributed by atoms with Gasteiger partial charge in [-0.2, -0.15) is 5.10 Å². The lowest BCUT2D eigenvalue weighted by atomic mass is 9.91. The number of hydrogen-bond donors (Lipinski definition) is 2. The van der Waals surface area contributed by atoms with Crippen LogP contribution in [0, 0.1) is 11.6 Å². The van der Waals surface area contributed by atoms with E-state index in [1.54, 1.807) is 12.4 Å². The van der Waals surface area contributed by atoms with Gasteiger partial charge in [-0.25, -0.2) is 13.8 Å². The van der Waals surface area contributed by atoms with E-state index in [0.29, 0.717) is 6.54 Å². The van der Waals surface area contributed by atoms with E-state index in [9.17, 15) is 8.78 Å². The number of fused-ring (bicyclic) bond motifs is 1. The van der Waals surface area contributed by atoms with E-state index in [0.717, 1.165) is 41.3 Å². The minimum absolute atomic E-state index is 0.0667. The summed E-state index contributed by atoms with van der Waals surface area (Å²) in [6, 6.07) is 6.03. The number of benzene rings is 1. The van der Waals surface area contributed by atoms with Gasteiger partial charge in [-0.05, 0) is 23.8 Å². The molecule has 0 aliphatic carbocycles. The van der Waals surface area contributed by atoms with Gasteiger partial charge in [0.2, 0.25) is 0 Å². The van der Waals surface area contributed by atoms with E-state index in [1.165, 1.54) is 12.1 Å². The van der Waals surface area contributed by atoms with Crippen LogP contribution in [0.15, 0.2) is 30.6 Å². The summed E-state index contributed by atoms with van der Waals surface area (Å²) in [6.45, 7) is 7.63. The zero-order chi connectivity index (χ0) is 19.2. The van der Waals surface area contributed by atoms with Crippen molar-refractivity contribution in [1.82, 2.24) is 25.1 Å². The fourth-order valence-electron chi connectivity index (χ4n) is 3.57. The SMILES string of the molecule is CC(C)(C)c1cc([C@H]2c3nc[nH]c3CCN2Cc2ccc(F)c(F)c2)[nH]n1. The van der Waals surface area contributed by atoms with Crippen LogP contribution >= 0.6 is 0 Å². The highest BCUT2D eigenvalue weighted by Crippen LogP contribution is 2.35. The summed E-state index contributed by atoms with van der Waals surface area (Å²) in [4.78, 5) is 9.96. The third-order valence-corrected chi connectivity index (χ3v) is 5.06. The van der Waals surface area contributed by atoms with E-state index in [4.69, 9.17) is 0 Å². The molecular weight excluding hydrogens is 348 g/mol. The molecule has 142 valence electrons. The third kappa shape index (κ3) is 3.39. The van der Waals surface area contributed by atoms with Crippen molar-refractivity contribution in [3.8, 4) is 0 Å². The van der Waals surface area contributed by atoms with Crippen molar-refractivity contribution in [1.29, 1.82) is 0 Å². The molecule has 0 saturated carbocycles. The molecule has 0 unspecified atom stereocenters. The maximum Gasteiger partial charge on any atom is 0.159 e. The summed E-state index contributed by atoms with van der Waals surface area (Å²) in [6.07, 6.45) is 2.54. The fourth-order valence-corrected chi connectivity index (χ4v) is 3.57. The molecule has 0 radical (unpaired) electrons. The average Bonchev–Trinajstić information content (AvgIpc) is 3.26. The Morgan fingerprint density at radius 1 is 1.19 bits per heavy atom. The van der Waals surface area contributed by atoms with Gasteiger partial charge in [0.1, 0.15) is 0 Å². The predicted molar refractivity (Wildman–Crippen MR) is 98.2 cm³/mol. The van der Waals surface area contributed by atoms with Crippen LogP contribution in [0.4, 0.5) is 8.78 Å². The van der Waals surface area contributed by atoms with Gasteiger partial charge >= 0.3 is 0 Å². The molecule has 3 heterocycles. The van der Waals surface area contributed by atoms with Crippen LogP contribution in [0.3, 0.4) is 0 Å². The van der Waals surface area contributed by atoms with Crippen molar-refractivity contribution in [2.24, 2.45) is 0 Å². The largest absolute Gasteiger partial charge is 0.348 e. The summed E-state index contributed by atoms with van der Waals surface area (Å²) in [7, 11) is 0. The zero-order valence-corrected chi connectivity index (χ0v) is 15.7. The van der Waals surface area contributed by atoms with E-state index in [1.807, 2.05) is 0 Å². The number of aromatic amines is 2. The van der Waals surface area contributed by atoms with Crippen LogP contribution in [0.5, 0.6) is 0 Å². The predicted octanol–water partition coefficient (Wildman–Crippen LogP) is 3.86. The lowest BCUT2D eigenvalue weighted by Crippen LogP contribution is -2.36. The smallest absolute Gasteiger partial charge is 0.159 e. The number of rotatable bonds is 3. The number of hydrogen-bond acceptors (Lipinski definition) is 3. The van der Waals surface area contributed by atoms with Crippen molar-refractivity contribution >= 4 is 0 Å². The standard InChI is InChI=1S/C20H23F2N5/c1-20(2,3)17-9-16(25-26-17)19-18-15(23-11-24-18)6-7-27(19)10-12-4-5-13(21)14(22)8-12/h4-5,8-9,11,19H,6-7,10H2,1-3H3,(H,23,24)(H,25,26)/t19-/m0/s1. The molecule has 27 heavy (non-hydrogen) atoms. The van der Waals surface area contributed by atoms with Crippen molar-refractivity contribution in [2.75, 3.05) is 6.54 Å². The Hall–Kier alpha value is -2.54. The number of H-pyrrole nitrogens is 2. The van der Waals surface area contributed by atoms with Gasteiger partial charge < -0.3 is 4.98 Å². The molecule has 0 bridgehead atoms. The maximum atomic E-state index is 13.7. The molecule has 1 aliphatic rings. The van der Waals surface area contributed by atoms with Crippen LogP contribution in [-0.2, 0) is 18.4 Å². The van der Waals surface area contributed by atoms with E-state index >= 15 is 0 Å². The van der Waals surface area contributed by atoms with Crippen LogP contribution in [0.2, 0.25) is 0 Å². The summed E-state index contributed by atoms with van der Waals surface area (Å²) < 4.78 is 26.9. The average molecular weight is 371 g/mol. The monoisotopic (exact) mass is 371 g/mol. The first-order valence-electron chi connectivity index (χ1n) is 9.09. The van der Waals surface area contributed by atoms with Crippen LogP contribution < -0.4 is 0 Å². The molecule has 1 aromatic carbocycles. The van der Waals surface area contributed by atoms with Crippen LogP contribution in [0.1, 0.15) is 55.2 Å². The molecule has 2 aromatic heterocycles. The van der Waals surface area contributed by atoms with E-state index in [-0.39, 0.29) is 11.5 Å². The highest BCUT2D eigenvalue weighted by atomic mass is 19.2. The van der Waals surface area contributed by atoms with Gasteiger partial charge in [-0.3, -0.25) is 10.00 Å². The molecule has 0 spiro atoms. The summed E-state index contributed by atoms with van der Waals surface area (Å²) in [5.41, 5.74) is 4.65. The summed E-state index contributed by atoms with van der Waals surface area (Å²) in [5.74, 6) is -1.65. The van der Waals surface area contributed by atoms with Gasteiger partial charge in [0, 0.05) is 30.6 Å². The minimum Gasteiger partial charge on any atom is -0.348 e. The minimum atomic E-state index is -0.827. The van der Waals surface area contributed by atoms with Crippen molar-refractivity contribution < 1.29 is 8.78 Å². The summed E-state index contributed by atoms with van der Waals surface area (Å²) in [5, 5.41) is 7.66. The van der Waals surface area contributed by atoms with Gasteiger partial charge in [0.15, 0.2) is 11.6 Å². The van der Waals surface area contributed by atoms with Gasteiger partial charge in [0.25, 0.3) is 0 Å². The number of imidazole rings is 1. The van der Waals surface area contributed by atoms with Crippen molar-refractivity contribution in [3.05, 3.63) is 70.6 Å². The Kier molecular flexibility index (Phi) is 4.34. The maximum absolute atomic E-state index is 13.7. The molecule has 5 nitrogen and oxygen atoms in total. The Balaban J connectivity index is 1.70. The molecule has 1 atom stereocenters. The highest BCUT2D eigenvalue weighted by Gasteiger charge is 2.33. The summed E-state index contributed by atoms with van der Waals surface area (Å²) >= 11 is 0. The molecular formula is C20H23F2N5. The quantitative estimate of drug-likeness (QED) is 0.735. The second-order valence-corrected chi connectivity index (χ2v) is 8.10. The lowest BCUT2D eigenvalue weighted by Gasteiger charge is -2.34. The normalized spacial score (nSPS) is 17.9. The Morgan fingerprint density at radius 2 is 2.00 bits per heavy atom. The van der Waals surface area contributed by atoms with Crippen molar-refractivity contribution in [2.45, 2.75) is 45.2 Å². The van der Waals surface area contributed by atoms with E-state index in [2.05, 4.69) is 51.9 Å². The third-order valence-electron chi connectivity index (χ3n) is 5.06. The second-order valence-electron chi connectivity index (χ2n) is 8.10. The molecule has 1 aliphatic heterocycles. The van der Waals surface area contributed by atoms with Crippen LogP contribution in [0.25, 0.3) is 0 Å².